The van der Waals surface area contributed by atoms with Gasteiger partial charge >= 0.3 is 5.97 Å². The van der Waals surface area contributed by atoms with Gasteiger partial charge in [0.05, 0.1) is 12.0 Å². The lowest BCUT2D eigenvalue weighted by atomic mass is 9.87. The summed E-state index contributed by atoms with van der Waals surface area (Å²) in [5, 5.41) is 12.2. The second kappa shape index (κ2) is 11.8. The average molecular weight is 542 g/mol. The van der Waals surface area contributed by atoms with Gasteiger partial charge in [-0.3, -0.25) is 14.5 Å². The molecule has 0 bridgehead atoms. The highest BCUT2D eigenvalue weighted by atomic mass is 19.1. The van der Waals surface area contributed by atoms with Crippen molar-refractivity contribution in [2.24, 2.45) is 5.92 Å². The summed E-state index contributed by atoms with van der Waals surface area (Å²) in [6.45, 7) is 3.47. The van der Waals surface area contributed by atoms with Crippen LogP contribution in [0.4, 0.5) is 20.5 Å². The van der Waals surface area contributed by atoms with Gasteiger partial charge in [-0.1, -0.05) is 12.1 Å². The van der Waals surface area contributed by atoms with E-state index in [-0.39, 0.29) is 53.3 Å². The van der Waals surface area contributed by atoms with Gasteiger partial charge in [0.25, 0.3) is 6.01 Å². The molecule has 8 nitrogen and oxygen atoms in total. The van der Waals surface area contributed by atoms with Crippen LogP contribution in [-0.4, -0.2) is 52.2 Å². The molecule has 2 heterocycles. The summed E-state index contributed by atoms with van der Waals surface area (Å²) in [7, 11) is 0. The van der Waals surface area contributed by atoms with Crippen LogP contribution in [0, 0.1) is 24.5 Å². The number of ether oxygens (including phenoxy) is 1. The second-order valence-corrected chi connectivity index (χ2v) is 10.6. The number of carbonyl (C=O) groups excluding carboxylic acids is 1. The van der Waals surface area contributed by atoms with Gasteiger partial charge in [-0.2, -0.15) is 4.98 Å². The third kappa shape index (κ3) is 6.45. The van der Waals surface area contributed by atoms with Crippen LogP contribution in [0.3, 0.4) is 0 Å². The van der Waals surface area contributed by atoms with Gasteiger partial charge in [-0.15, -0.1) is 0 Å². The van der Waals surface area contributed by atoms with Crippen LogP contribution in [0.15, 0.2) is 34.7 Å². The first-order valence-electron chi connectivity index (χ1n) is 13.5. The molecular formula is C29H33F2N3O5. The number of rotatable bonds is 10. The summed E-state index contributed by atoms with van der Waals surface area (Å²) in [4.78, 5) is 30.8. The third-order valence-electron chi connectivity index (χ3n) is 7.73. The molecule has 1 aliphatic heterocycles. The minimum atomic E-state index is -0.766. The molecule has 3 aromatic rings. The van der Waals surface area contributed by atoms with Crippen molar-refractivity contribution in [3.63, 3.8) is 0 Å². The molecule has 0 spiro atoms. The van der Waals surface area contributed by atoms with E-state index in [1.54, 1.807) is 19.1 Å². The maximum Gasteiger partial charge on any atom is 0.306 e. The number of nitrogens with one attached hydrogen (secondary N) is 1. The van der Waals surface area contributed by atoms with Crippen molar-refractivity contribution < 1.29 is 32.6 Å². The van der Waals surface area contributed by atoms with Crippen molar-refractivity contribution in [2.45, 2.75) is 70.6 Å². The Morgan fingerprint density at radius 3 is 2.62 bits per heavy atom. The number of aliphatic carboxylic acids is 1. The fraction of sp³-hybridized carbons (Fsp3) is 0.483. The Kier molecular flexibility index (Phi) is 8.23. The first-order valence-corrected chi connectivity index (χ1v) is 13.5. The molecule has 2 aromatic carbocycles. The molecule has 1 aliphatic carbocycles. The zero-order valence-corrected chi connectivity index (χ0v) is 21.9. The molecule has 0 radical (unpaired) electrons. The highest BCUT2D eigenvalue weighted by Gasteiger charge is 2.32. The maximum absolute atomic E-state index is 15.4. The van der Waals surface area contributed by atoms with Crippen LogP contribution in [-0.2, 0) is 20.7 Å². The number of anilines is 2. The summed E-state index contributed by atoms with van der Waals surface area (Å²) in [6, 6.07) is 7.43. The largest absolute Gasteiger partial charge is 0.481 e. The molecule has 2 N–H and O–H groups in total. The molecule has 2 fully saturated rings. The maximum atomic E-state index is 15.4. The Morgan fingerprint density at radius 1 is 1.15 bits per heavy atom. The van der Waals surface area contributed by atoms with Gasteiger partial charge in [0.1, 0.15) is 23.3 Å². The molecule has 1 aromatic heterocycles. The predicted molar refractivity (Wildman–Crippen MR) is 141 cm³/mol. The van der Waals surface area contributed by atoms with Crippen LogP contribution in [0.2, 0.25) is 0 Å². The van der Waals surface area contributed by atoms with Crippen LogP contribution in [0.25, 0.3) is 11.1 Å². The lowest BCUT2D eigenvalue weighted by molar-refractivity contribution is -0.147. The predicted octanol–water partition coefficient (Wildman–Crippen LogP) is 5.74. The number of halogens is 2. The molecule has 208 valence electrons. The van der Waals surface area contributed by atoms with E-state index in [1.807, 2.05) is 0 Å². The van der Waals surface area contributed by atoms with E-state index in [9.17, 15) is 19.1 Å². The number of carboxylic acid groups (broad SMARTS) is 1. The van der Waals surface area contributed by atoms with Gasteiger partial charge in [-0.25, -0.2) is 8.78 Å². The van der Waals surface area contributed by atoms with Crippen LogP contribution >= 0.6 is 0 Å². The highest BCUT2D eigenvalue weighted by Crippen LogP contribution is 2.31. The smallest absolute Gasteiger partial charge is 0.306 e. The van der Waals surface area contributed by atoms with Crippen LogP contribution in [0.5, 0.6) is 0 Å². The number of fused-ring (bicyclic) bond motifs is 1. The monoisotopic (exact) mass is 541 g/mol. The normalized spacial score (nSPS) is 20.8. The summed E-state index contributed by atoms with van der Waals surface area (Å²) >= 11 is 0. The van der Waals surface area contributed by atoms with Gasteiger partial charge in [0.15, 0.2) is 11.4 Å². The number of aryl methyl sites for hydroxylation is 1. The minimum Gasteiger partial charge on any atom is -0.481 e. The van der Waals surface area contributed by atoms with E-state index in [1.165, 1.54) is 18.2 Å². The Balaban J connectivity index is 1.25. The quantitative estimate of drug-likeness (QED) is 0.335. The van der Waals surface area contributed by atoms with Crippen molar-refractivity contribution in [2.75, 3.05) is 18.4 Å². The number of oxazole rings is 1. The Bertz CT molecular complexity index is 1350. The topological polar surface area (TPSA) is 105 Å². The standard InChI is InChI=1S/C29H33F2N3O5/c1-17-4-8-20(30)15-24(17)33-29-32-23-11-7-19(26(31)27(23)39-29)14-21(35)16-25(34-12-2-3-13-34)38-22-9-5-18(6-10-22)28(36)37/h4,7-8,11,15,18,22,25H,2-3,5-6,9-10,12-14,16H2,1H3,(H,32,33)(H,36,37). The summed E-state index contributed by atoms with van der Waals surface area (Å²) < 4.78 is 41.0. The number of ketones is 1. The number of aromatic nitrogens is 1. The molecule has 0 amide bonds. The van der Waals surface area contributed by atoms with E-state index in [2.05, 4.69) is 15.2 Å². The Labute approximate surface area is 225 Å². The summed E-state index contributed by atoms with van der Waals surface area (Å²) in [5.74, 6) is -2.33. The van der Waals surface area contributed by atoms with Gasteiger partial charge in [-0.05, 0) is 74.8 Å². The van der Waals surface area contributed by atoms with Crippen molar-refractivity contribution >= 4 is 34.6 Å². The fourth-order valence-electron chi connectivity index (χ4n) is 5.47. The number of hydrogen-bond acceptors (Lipinski definition) is 7. The van der Waals surface area contributed by atoms with Gasteiger partial charge in [0.2, 0.25) is 0 Å². The number of carbonyl (C=O) groups is 2. The summed E-state index contributed by atoms with van der Waals surface area (Å²) in [6.07, 6.45) is 4.01. The molecule has 39 heavy (non-hydrogen) atoms. The molecule has 1 unspecified atom stereocenters. The number of likely N-dealkylation sites (tertiary alicyclic amines) is 1. The molecule has 1 saturated heterocycles. The molecule has 1 saturated carbocycles. The third-order valence-corrected chi connectivity index (χ3v) is 7.73. The zero-order chi connectivity index (χ0) is 27.5. The first kappa shape index (κ1) is 27.2. The van der Waals surface area contributed by atoms with E-state index < -0.39 is 23.8 Å². The number of carboxylic acids is 1. The van der Waals surface area contributed by atoms with Gasteiger partial charge in [0, 0.05) is 31.6 Å². The fourth-order valence-corrected chi connectivity index (χ4v) is 5.47. The number of hydrogen-bond donors (Lipinski definition) is 2. The van der Waals surface area contributed by atoms with Crippen molar-refractivity contribution in [1.29, 1.82) is 0 Å². The van der Waals surface area contributed by atoms with E-state index in [0.29, 0.717) is 31.4 Å². The molecule has 10 heteroatoms. The van der Waals surface area contributed by atoms with Crippen molar-refractivity contribution in [1.82, 2.24) is 9.88 Å². The van der Waals surface area contributed by atoms with Crippen LogP contribution in [0.1, 0.15) is 56.1 Å². The van der Waals surface area contributed by atoms with Crippen molar-refractivity contribution in [3.05, 3.63) is 53.1 Å². The zero-order valence-electron chi connectivity index (χ0n) is 21.9. The average Bonchev–Trinajstić information content (AvgIpc) is 3.59. The van der Waals surface area contributed by atoms with Gasteiger partial charge < -0.3 is 19.6 Å². The van der Waals surface area contributed by atoms with Crippen LogP contribution < -0.4 is 5.32 Å². The molecule has 2 aliphatic rings. The first-order chi connectivity index (χ1) is 18.8. The summed E-state index contributed by atoms with van der Waals surface area (Å²) in [5.41, 5.74) is 1.66. The second-order valence-electron chi connectivity index (χ2n) is 10.6. The molecule has 5 rings (SSSR count). The molecular weight excluding hydrogens is 508 g/mol. The minimum absolute atomic E-state index is 0.0289. The number of nitrogens with zero attached hydrogens (tertiary/aromatic N) is 2. The lowest BCUT2D eigenvalue weighted by Crippen LogP contribution is -2.41. The Morgan fingerprint density at radius 2 is 1.90 bits per heavy atom. The molecule has 1 atom stereocenters. The SMILES string of the molecule is Cc1ccc(F)cc1Nc1nc2ccc(CC(=O)CC(OC3CCC(C(=O)O)CC3)N3CCCC3)c(F)c2o1. The number of Topliss-reactive ketones (excluding diaryl/α,β-unsaturated/α-hetero) is 1. The lowest BCUT2D eigenvalue weighted by Gasteiger charge is -2.34. The van der Waals surface area contributed by atoms with E-state index in [0.717, 1.165) is 31.5 Å². The highest BCUT2D eigenvalue weighted by molar-refractivity contribution is 5.84. The van der Waals surface area contributed by atoms with Crippen molar-refractivity contribution in [3.8, 4) is 0 Å². The van der Waals surface area contributed by atoms with E-state index in [4.69, 9.17) is 9.15 Å². The Hall–Kier alpha value is -3.37. The van der Waals surface area contributed by atoms with E-state index >= 15 is 4.39 Å². The number of benzene rings is 2.